The van der Waals surface area contributed by atoms with Gasteiger partial charge in [0.15, 0.2) is 0 Å². The summed E-state index contributed by atoms with van der Waals surface area (Å²) < 4.78 is 0. The van der Waals surface area contributed by atoms with Crippen molar-refractivity contribution in [2.75, 3.05) is 0 Å². The van der Waals surface area contributed by atoms with Gasteiger partial charge in [-0.15, -0.1) is 0 Å². The van der Waals surface area contributed by atoms with Gasteiger partial charge in [0.25, 0.3) is 5.91 Å². The van der Waals surface area contributed by atoms with Crippen LogP contribution < -0.4 is 10.6 Å². The highest BCUT2D eigenvalue weighted by atomic mass is 16.2. The highest BCUT2D eigenvalue weighted by Crippen LogP contribution is 2.08. The molecular weight excluding hydrogens is 228 g/mol. The van der Waals surface area contributed by atoms with E-state index in [1.807, 2.05) is 25.1 Å². The molecule has 0 aliphatic carbocycles. The lowest BCUT2D eigenvalue weighted by Crippen LogP contribution is -2.24. The molecular formula is C14H16N2O2. The van der Waals surface area contributed by atoms with Crippen LogP contribution in [0.25, 0.3) is 0 Å². The number of imide groups is 1. The number of benzene rings is 1. The Morgan fingerprint density at radius 1 is 1.33 bits per heavy atom. The highest BCUT2D eigenvalue weighted by Gasteiger charge is 2.23. The summed E-state index contributed by atoms with van der Waals surface area (Å²) in [7, 11) is 0. The first kappa shape index (κ1) is 12.4. The van der Waals surface area contributed by atoms with E-state index in [-0.39, 0.29) is 24.3 Å². The predicted octanol–water partition coefficient (Wildman–Crippen LogP) is 1.14. The van der Waals surface area contributed by atoms with Crippen LogP contribution in [0.3, 0.4) is 0 Å². The number of hydrogen-bond donors (Lipinski definition) is 2. The molecule has 0 unspecified atom stereocenters. The molecule has 2 amide bonds. The molecule has 1 heterocycles. The lowest BCUT2D eigenvalue weighted by molar-refractivity contribution is -0.124. The minimum absolute atomic E-state index is 0.171. The summed E-state index contributed by atoms with van der Waals surface area (Å²) >= 11 is 0. The first-order valence-electron chi connectivity index (χ1n) is 5.98. The Hall–Kier alpha value is -2.10. The fraction of sp³-hybridized carbons (Fsp3) is 0.286. The third-order valence-corrected chi connectivity index (χ3v) is 2.82. The van der Waals surface area contributed by atoms with Crippen LogP contribution in [-0.4, -0.2) is 17.9 Å². The fourth-order valence-corrected chi connectivity index (χ4v) is 1.89. The molecule has 1 fully saturated rings. The maximum Gasteiger partial charge on any atom is 0.255 e. The van der Waals surface area contributed by atoms with E-state index in [1.54, 1.807) is 6.20 Å². The summed E-state index contributed by atoms with van der Waals surface area (Å²) in [5.41, 5.74) is 1.74. The van der Waals surface area contributed by atoms with E-state index in [0.29, 0.717) is 5.57 Å². The second-order valence-electron chi connectivity index (χ2n) is 4.48. The van der Waals surface area contributed by atoms with E-state index < -0.39 is 0 Å². The SMILES string of the molecule is C[C@@H](Cc1ccccc1)N/C=C1/CC(=O)NC1=O. The molecule has 0 spiro atoms. The van der Waals surface area contributed by atoms with Gasteiger partial charge < -0.3 is 5.32 Å². The number of hydrogen-bond acceptors (Lipinski definition) is 3. The van der Waals surface area contributed by atoms with Crippen LogP contribution in [0.5, 0.6) is 0 Å². The molecule has 1 saturated heterocycles. The fourth-order valence-electron chi connectivity index (χ4n) is 1.89. The normalized spacial score (nSPS) is 18.8. The summed E-state index contributed by atoms with van der Waals surface area (Å²) in [5, 5.41) is 5.40. The first-order valence-corrected chi connectivity index (χ1v) is 5.98. The van der Waals surface area contributed by atoms with Crippen molar-refractivity contribution in [2.24, 2.45) is 0 Å². The average Bonchev–Trinajstić information content (AvgIpc) is 2.66. The van der Waals surface area contributed by atoms with Crippen LogP contribution in [0.1, 0.15) is 18.9 Å². The molecule has 4 heteroatoms. The molecule has 1 aliphatic heterocycles. The van der Waals surface area contributed by atoms with Gasteiger partial charge in [0.05, 0.1) is 6.42 Å². The van der Waals surface area contributed by atoms with E-state index in [9.17, 15) is 9.59 Å². The Morgan fingerprint density at radius 3 is 2.67 bits per heavy atom. The van der Waals surface area contributed by atoms with Crippen LogP contribution in [0, 0.1) is 0 Å². The first-order chi connectivity index (χ1) is 8.65. The summed E-state index contributed by atoms with van der Waals surface area (Å²) in [6.07, 6.45) is 2.69. The Balaban J connectivity index is 1.89. The van der Waals surface area contributed by atoms with Gasteiger partial charge >= 0.3 is 0 Å². The van der Waals surface area contributed by atoms with Gasteiger partial charge in [-0.3, -0.25) is 14.9 Å². The maximum absolute atomic E-state index is 11.3. The molecule has 2 rings (SSSR count). The summed E-state index contributed by atoms with van der Waals surface area (Å²) in [6, 6.07) is 10.3. The molecule has 0 bridgehead atoms. The van der Waals surface area contributed by atoms with E-state index in [2.05, 4.69) is 22.8 Å². The van der Waals surface area contributed by atoms with Crippen molar-refractivity contribution in [1.29, 1.82) is 0 Å². The number of carbonyl (C=O) groups is 2. The maximum atomic E-state index is 11.3. The zero-order valence-electron chi connectivity index (χ0n) is 10.3. The van der Waals surface area contributed by atoms with Crippen LogP contribution in [-0.2, 0) is 16.0 Å². The second kappa shape index (κ2) is 5.49. The lowest BCUT2D eigenvalue weighted by atomic mass is 10.1. The van der Waals surface area contributed by atoms with Gasteiger partial charge in [0.2, 0.25) is 5.91 Å². The van der Waals surface area contributed by atoms with E-state index in [0.717, 1.165) is 6.42 Å². The predicted molar refractivity (Wildman–Crippen MR) is 68.6 cm³/mol. The molecule has 0 aromatic heterocycles. The molecule has 1 atom stereocenters. The Bertz CT molecular complexity index is 480. The lowest BCUT2D eigenvalue weighted by Gasteiger charge is -2.12. The van der Waals surface area contributed by atoms with Crippen molar-refractivity contribution in [2.45, 2.75) is 25.8 Å². The Labute approximate surface area is 106 Å². The van der Waals surface area contributed by atoms with E-state index >= 15 is 0 Å². The molecule has 1 aromatic rings. The molecule has 2 N–H and O–H groups in total. The van der Waals surface area contributed by atoms with Crippen LogP contribution in [0.4, 0.5) is 0 Å². The van der Waals surface area contributed by atoms with Crippen molar-refractivity contribution in [3.05, 3.63) is 47.7 Å². The molecule has 18 heavy (non-hydrogen) atoms. The van der Waals surface area contributed by atoms with Crippen molar-refractivity contribution >= 4 is 11.8 Å². The minimum Gasteiger partial charge on any atom is -0.388 e. The molecule has 0 saturated carbocycles. The van der Waals surface area contributed by atoms with E-state index in [4.69, 9.17) is 0 Å². The standard InChI is InChI=1S/C14H16N2O2/c1-10(7-11-5-3-2-4-6-11)15-9-12-8-13(17)16-14(12)18/h2-6,9-10,15H,7-8H2,1H3,(H,16,17,18)/b12-9-/t10-/m0/s1. The van der Waals surface area contributed by atoms with Crippen molar-refractivity contribution in [3.63, 3.8) is 0 Å². The van der Waals surface area contributed by atoms with Crippen molar-refractivity contribution < 1.29 is 9.59 Å². The highest BCUT2D eigenvalue weighted by molar-refractivity contribution is 6.13. The van der Waals surface area contributed by atoms with E-state index in [1.165, 1.54) is 5.56 Å². The van der Waals surface area contributed by atoms with Crippen LogP contribution in [0.2, 0.25) is 0 Å². The number of nitrogens with one attached hydrogen (secondary N) is 2. The van der Waals surface area contributed by atoms with Gasteiger partial charge in [-0.2, -0.15) is 0 Å². The monoisotopic (exact) mass is 244 g/mol. The van der Waals surface area contributed by atoms with Gasteiger partial charge in [-0.05, 0) is 18.9 Å². The summed E-state index contributed by atoms with van der Waals surface area (Å²) in [4.78, 5) is 22.3. The zero-order chi connectivity index (χ0) is 13.0. The minimum atomic E-state index is -0.292. The smallest absolute Gasteiger partial charge is 0.255 e. The van der Waals surface area contributed by atoms with Crippen molar-refractivity contribution in [3.8, 4) is 0 Å². The van der Waals surface area contributed by atoms with Gasteiger partial charge in [-0.1, -0.05) is 30.3 Å². The summed E-state index contributed by atoms with van der Waals surface area (Å²) in [5.74, 6) is -0.525. The molecule has 4 nitrogen and oxygen atoms in total. The number of rotatable bonds is 4. The van der Waals surface area contributed by atoms with Crippen LogP contribution >= 0.6 is 0 Å². The van der Waals surface area contributed by atoms with Gasteiger partial charge in [0.1, 0.15) is 0 Å². The summed E-state index contributed by atoms with van der Waals surface area (Å²) in [6.45, 7) is 2.04. The van der Waals surface area contributed by atoms with Crippen molar-refractivity contribution in [1.82, 2.24) is 10.6 Å². The van der Waals surface area contributed by atoms with Gasteiger partial charge in [0, 0.05) is 17.8 Å². The van der Waals surface area contributed by atoms with Gasteiger partial charge in [-0.25, -0.2) is 0 Å². The molecule has 94 valence electrons. The Kier molecular flexibility index (Phi) is 3.77. The second-order valence-corrected chi connectivity index (χ2v) is 4.48. The third-order valence-electron chi connectivity index (χ3n) is 2.82. The number of carbonyl (C=O) groups excluding carboxylic acids is 2. The molecule has 1 aromatic carbocycles. The third kappa shape index (κ3) is 3.20. The topological polar surface area (TPSA) is 58.2 Å². The van der Waals surface area contributed by atoms with Crippen LogP contribution in [0.15, 0.2) is 42.1 Å². The average molecular weight is 244 g/mol. The largest absolute Gasteiger partial charge is 0.388 e. The molecule has 0 radical (unpaired) electrons. The zero-order valence-corrected chi connectivity index (χ0v) is 10.3. The number of amides is 2. The Morgan fingerprint density at radius 2 is 2.06 bits per heavy atom. The molecule has 1 aliphatic rings. The quantitative estimate of drug-likeness (QED) is 0.617.